The van der Waals surface area contributed by atoms with E-state index in [0.717, 1.165) is 38.9 Å². The number of nitrogens with one attached hydrogen (secondary N) is 2. The van der Waals surface area contributed by atoms with Crippen molar-refractivity contribution >= 4 is 52.1 Å². The Morgan fingerprint density at radius 2 is 1.73 bits per heavy atom. The van der Waals surface area contributed by atoms with Crippen molar-refractivity contribution in [2.45, 2.75) is 19.9 Å². The van der Waals surface area contributed by atoms with Gasteiger partial charge in [-0.05, 0) is 47.9 Å². The van der Waals surface area contributed by atoms with Gasteiger partial charge in [0.05, 0.1) is 0 Å². The third-order valence-corrected chi connectivity index (χ3v) is 6.57. The van der Waals surface area contributed by atoms with Crippen LogP contribution in [-0.2, 0) is 22.6 Å². The van der Waals surface area contributed by atoms with E-state index < -0.39 is 17.8 Å². The predicted molar refractivity (Wildman–Crippen MR) is 145 cm³/mol. The smallest absolute Gasteiger partial charge is 0.329 e. The summed E-state index contributed by atoms with van der Waals surface area (Å²) in [7, 11) is 0. The molecule has 0 unspecified atom stereocenters. The molecule has 0 radical (unpaired) electrons. The van der Waals surface area contributed by atoms with Crippen molar-refractivity contribution in [2.24, 2.45) is 0 Å². The maximum absolute atomic E-state index is 13.1. The number of hydrogen-bond donors (Lipinski definition) is 2. The molecule has 0 aliphatic carbocycles. The number of rotatable bonds is 7. The number of hydrogen-bond acceptors (Lipinski definition) is 3. The molecule has 1 aliphatic rings. The second-order valence-electron chi connectivity index (χ2n) is 8.79. The number of imide groups is 1. The summed E-state index contributed by atoms with van der Waals surface area (Å²) in [6.45, 7) is 2.23. The summed E-state index contributed by atoms with van der Waals surface area (Å²) in [4.78, 5) is 39.2. The third kappa shape index (κ3) is 5.13. The molecule has 0 atom stereocenters. The highest BCUT2D eigenvalue weighted by atomic mass is 35.5. The number of amides is 4. The van der Waals surface area contributed by atoms with E-state index >= 15 is 0 Å². The lowest BCUT2D eigenvalue weighted by Gasteiger charge is -2.13. The number of aromatic nitrogens is 1. The Balaban J connectivity index is 1.37. The number of nitrogens with zero attached hydrogens (tertiary/aromatic N) is 2. The number of carbonyl (C=O) groups is 3. The van der Waals surface area contributed by atoms with Gasteiger partial charge in [0.1, 0.15) is 12.2 Å². The number of anilines is 1. The molecule has 1 fully saturated rings. The molecule has 186 valence electrons. The molecule has 0 saturated carbocycles. The number of carbonyl (C=O) groups excluding carboxylic acids is 3. The van der Waals surface area contributed by atoms with Crippen molar-refractivity contribution < 1.29 is 14.4 Å². The standard InChI is InChI=1S/C29H25ClN4O3/c1-2-20-7-3-5-9-24(20)31-27(35)18-34-28(36)25(32-29(34)37)15-21-17-33(26-10-6-4-8-23(21)26)16-19-11-13-22(30)14-12-19/h3-15,17H,2,16,18H2,1H3,(H,31,35)(H,32,37)/b25-15+. The molecular weight excluding hydrogens is 488 g/mol. The molecular formula is C29H25ClN4O3. The Bertz CT molecular complexity index is 1540. The van der Waals surface area contributed by atoms with Crippen molar-refractivity contribution in [3.63, 3.8) is 0 Å². The Labute approximate surface area is 219 Å². The van der Waals surface area contributed by atoms with Crippen LogP contribution >= 0.6 is 11.6 Å². The number of para-hydroxylation sites is 2. The summed E-state index contributed by atoms with van der Waals surface area (Å²) in [5, 5.41) is 7.04. The van der Waals surface area contributed by atoms with Crippen LogP contribution in [0.3, 0.4) is 0 Å². The topological polar surface area (TPSA) is 83.4 Å². The van der Waals surface area contributed by atoms with E-state index in [4.69, 9.17) is 11.6 Å². The number of halogens is 1. The fraction of sp³-hybridized carbons (Fsp3) is 0.138. The molecule has 0 bridgehead atoms. The molecule has 37 heavy (non-hydrogen) atoms. The number of aryl methyl sites for hydroxylation is 1. The largest absolute Gasteiger partial charge is 0.342 e. The van der Waals surface area contributed by atoms with Gasteiger partial charge in [0.25, 0.3) is 5.91 Å². The van der Waals surface area contributed by atoms with Gasteiger partial charge in [-0.2, -0.15) is 0 Å². The van der Waals surface area contributed by atoms with Gasteiger partial charge in [0, 0.05) is 39.9 Å². The first-order chi connectivity index (χ1) is 17.9. The first-order valence-electron chi connectivity index (χ1n) is 12.0. The van der Waals surface area contributed by atoms with Crippen LogP contribution in [0, 0.1) is 0 Å². The lowest BCUT2D eigenvalue weighted by atomic mass is 10.1. The molecule has 2 heterocycles. The molecule has 7 nitrogen and oxygen atoms in total. The fourth-order valence-corrected chi connectivity index (χ4v) is 4.59. The van der Waals surface area contributed by atoms with E-state index in [1.807, 2.05) is 79.9 Å². The van der Waals surface area contributed by atoms with Crippen LogP contribution in [0.15, 0.2) is 84.7 Å². The average molecular weight is 513 g/mol. The van der Waals surface area contributed by atoms with E-state index in [0.29, 0.717) is 17.3 Å². The number of benzene rings is 3. The summed E-state index contributed by atoms with van der Waals surface area (Å²) in [6.07, 6.45) is 4.35. The molecule has 0 spiro atoms. The first kappa shape index (κ1) is 24.3. The van der Waals surface area contributed by atoms with Crippen LogP contribution in [-0.4, -0.2) is 33.9 Å². The van der Waals surface area contributed by atoms with Gasteiger partial charge in [-0.3, -0.25) is 9.59 Å². The van der Waals surface area contributed by atoms with E-state index in [1.54, 1.807) is 12.1 Å². The van der Waals surface area contributed by atoms with Crippen LogP contribution < -0.4 is 10.6 Å². The molecule has 2 N–H and O–H groups in total. The van der Waals surface area contributed by atoms with E-state index in [9.17, 15) is 14.4 Å². The molecule has 1 saturated heterocycles. The fourth-order valence-electron chi connectivity index (χ4n) is 4.46. The minimum atomic E-state index is -0.625. The predicted octanol–water partition coefficient (Wildman–Crippen LogP) is 5.44. The van der Waals surface area contributed by atoms with Crippen molar-refractivity contribution in [1.29, 1.82) is 0 Å². The normalized spacial score (nSPS) is 14.4. The van der Waals surface area contributed by atoms with Crippen molar-refractivity contribution in [3.05, 3.63) is 106 Å². The summed E-state index contributed by atoms with van der Waals surface area (Å²) in [5.74, 6) is -0.983. The number of fused-ring (bicyclic) bond motifs is 1. The van der Waals surface area contributed by atoms with Gasteiger partial charge in [-0.25, -0.2) is 9.69 Å². The molecule has 8 heteroatoms. The zero-order valence-electron chi connectivity index (χ0n) is 20.2. The minimum Gasteiger partial charge on any atom is -0.342 e. The third-order valence-electron chi connectivity index (χ3n) is 6.32. The second-order valence-corrected chi connectivity index (χ2v) is 9.23. The Hall–Kier alpha value is -4.36. The number of urea groups is 1. The highest BCUT2D eigenvalue weighted by Crippen LogP contribution is 2.26. The highest BCUT2D eigenvalue weighted by molar-refractivity contribution is 6.30. The van der Waals surface area contributed by atoms with Crippen LogP contribution in [0.4, 0.5) is 10.5 Å². The van der Waals surface area contributed by atoms with Gasteiger partial charge in [0.15, 0.2) is 0 Å². The van der Waals surface area contributed by atoms with Crippen molar-refractivity contribution in [2.75, 3.05) is 11.9 Å². The maximum atomic E-state index is 13.1. The van der Waals surface area contributed by atoms with Gasteiger partial charge in [-0.1, -0.05) is 67.1 Å². The lowest BCUT2D eigenvalue weighted by molar-refractivity contribution is -0.127. The van der Waals surface area contributed by atoms with Crippen molar-refractivity contribution in [1.82, 2.24) is 14.8 Å². The summed E-state index contributed by atoms with van der Waals surface area (Å²) in [6, 6.07) is 22.3. The monoisotopic (exact) mass is 512 g/mol. The van der Waals surface area contributed by atoms with Crippen molar-refractivity contribution in [3.8, 4) is 0 Å². The van der Waals surface area contributed by atoms with Crippen LogP contribution in [0.5, 0.6) is 0 Å². The SMILES string of the molecule is CCc1ccccc1NC(=O)CN1C(=O)N/C(=C/c2cn(Cc3ccc(Cl)cc3)c3ccccc23)C1=O. The zero-order valence-corrected chi connectivity index (χ0v) is 21.0. The van der Waals surface area contributed by atoms with Gasteiger partial charge >= 0.3 is 6.03 Å². The zero-order chi connectivity index (χ0) is 25.9. The summed E-state index contributed by atoms with van der Waals surface area (Å²) in [5.41, 5.74) is 4.64. The molecule has 5 rings (SSSR count). The average Bonchev–Trinajstić information content (AvgIpc) is 3.37. The summed E-state index contributed by atoms with van der Waals surface area (Å²) >= 11 is 6.02. The molecule has 3 aromatic carbocycles. The molecule has 4 aromatic rings. The van der Waals surface area contributed by atoms with Gasteiger partial charge < -0.3 is 15.2 Å². The Morgan fingerprint density at radius 1 is 1.00 bits per heavy atom. The Kier molecular flexibility index (Phi) is 6.79. The van der Waals surface area contributed by atoms with Gasteiger partial charge in [0.2, 0.25) is 5.91 Å². The van der Waals surface area contributed by atoms with Crippen LogP contribution in [0.1, 0.15) is 23.6 Å². The van der Waals surface area contributed by atoms with Crippen LogP contribution in [0.2, 0.25) is 5.02 Å². The molecule has 1 aromatic heterocycles. The minimum absolute atomic E-state index is 0.126. The molecule has 4 amide bonds. The van der Waals surface area contributed by atoms with E-state index in [1.165, 1.54) is 0 Å². The van der Waals surface area contributed by atoms with Gasteiger partial charge in [-0.15, -0.1) is 0 Å². The maximum Gasteiger partial charge on any atom is 0.329 e. The first-order valence-corrected chi connectivity index (χ1v) is 12.4. The second kappa shape index (κ2) is 10.3. The van der Waals surface area contributed by atoms with E-state index in [2.05, 4.69) is 15.2 Å². The van der Waals surface area contributed by atoms with Crippen LogP contribution in [0.25, 0.3) is 17.0 Å². The quantitative estimate of drug-likeness (QED) is 0.255. The summed E-state index contributed by atoms with van der Waals surface area (Å²) < 4.78 is 2.09. The Morgan fingerprint density at radius 3 is 2.51 bits per heavy atom. The molecule has 1 aliphatic heterocycles. The highest BCUT2D eigenvalue weighted by Gasteiger charge is 2.35. The lowest BCUT2D eigenvalue weighted by Crippen LogP contribution is -2.38. The van der Waals surface area contributed by atoms with E-state index in [-0.39, 0.29) is 12.2 Å².